The SMILES string of the molecule is O=C([C@@H]1C[C@]12CCCc1ccccc12)N(CCO)Cc1cccnc1. The summed E-state index contributed by atoms with van der Waals surface area (Å²) >= 11 is 0. The van der Waals surface area contributed by atoms with Crippen molar-refractivity contribution < 1.29 is 9.90 Å². The van der Waals surface area contributed by atoms with E-state index in [1.54, 1.807) is 17.3 Å². The van der Waals surface area contributed by atoms with Gasteiger partial charge in [-0.25, -0.2) is 0 Å². The van der Waals surface area contributed by atoms with Crippen LogP contribution in [0.2, 0.25) is 0 Å². The Kier molecular flexibility index (Phi) is 4.30. The quantitative estimate of drug-likeness (QED) is 0.913. The van der Waals surface area contributed by atoms with Gasteiger partial charge in [-0.3, -0.25) is 9.78 Å². The fraction of sp³-hybridized carbons (Fsp3) is 0.429. The molecular weight excluding hydrogens is 312 g/mol. The van der Waals surface area contributed by atoms with E-state index >= 15 is 0 Å². The number of aliphatic hydroxyl groups excluding tert-OH is 1. The Morgan fingerprint density at radius 1 is 1.28 bits per heavy atom. The van der Waals surface area contributed by atoms with E-state index in [1.807, 2.05) is 12.1 Å². The molecule has 2 aromatic rings. The zero-order valence-electron chi connectivity index (χ0n) is 14.4. The molecule has 4 nitrogen and oxygen atoms in total. The average Bonchev–Trinajstić information content (AvgIpc) is 3.37. The molecule has 1 heterocycles. The summed E-state index contributed by atoms with van der Waals surface area (Å²) in [6, 6.07) is 12.5. The Morgan fingerprint density at radius 3 is 2.96 bits per heavy atom. The number of hydrogen-bond donors (Lipinski definition) is 1. The summed E-state index contributed by atoms with van der Waals surface area (Å²) in [6.07, 6.45) is 7.84. The molecular formula is C21H24N2O2. The number of aryl methyl sites for hydroxylation is 1. The fourth-order valence-corrected chi connectivity index (χ4v) is 4.48. The van der Waals surface area contributed by atoms with Crippen molar-refractivity contribution in [3.63, 3.8) is 0 Å². The summed E-state index contributed by atoms with van der Waals surface area (Å²) in [4.78, 5) is 19.1. The van der Waals surface area contributed by atoms with E-state index in [2.05, 4.69) is 29.2 Å². The highest BCUT2D eigenvalue weighted by molar-refractivity contribution is 5.85. The van der Waals surface area contributed by atoms with Crippen LogP contribution in [0.3, 0.4) is 0 Å². The van der Waals surface area contributed by atoms with Crippen LogP contribution in [-0.4, -0.2) is 34.0 Å². The van der Waals surface area contributed by atoms with Crippen molar-refractivity contribution in [3.05, 3.63) is 65.5 Å². The number of pyridine rings is 1. The van der Waals surface area contributed by atoms with Gasteiger partial charge in [-0.1, -0.05) is 30.3 Å². The second kappa shape index (κ2) is 6.60. The van der Waals surface area contributed by atoms with Gasteiger partial charge in [0.25, 0.3) is 0 Å². The summed E-state index contributed by atoms with van der Waals surface area (Å²) in [7, 11) is 0. The van der Waals surface area contributed by atoms with E-state index in [1.165, 1.54) is 11.1 Å². The third kappa shape index (κ3) is 2.95. The summed E-state index contributed by atoms with van der Waals surface area (Å²) in [5.74, 6) is 0.228. The van der Waals surface area contributed by atoms with Crippen LogP contribution in [0, 0.1) is 5.92 Å². The van der Waals surface area contributed by atoms with E-state index < -0.39 is 0 Å². The molecule has 2 aliphatic carbocycles. The molecule has 0 radical (unpaired) electrons. The molecule has 130 valence electrons. The number of aliphatic hydroxyl groups is 1. The number of fused-ring (bicyclic) bond motifs is 2. The first kappa shape index (κ1) is 16.3. The maximum absolute atomic E-state index is 13.2. The monoisotopic (exact) mass is 336 g/mol. The lowest BCUT2D eigenvalue weighted by Gasteiger charge is -2.28. The van der Waals surface area contributed by atoms with Crippen molar-refractivity contribution >= 4 is 5.91 Å². The minimum Gasteiger partial charge on any atom is -0.395 e. The molecule has 0 saturated heterocycles. The van der Waals surface area contributed by atoms with Crippen molar-refractivity contribution in [2.75, 3.05) is 13.2 Å². The zero-order chi connectivity index (χ0) is 17.3. The molecule has 4 rings (SSSR count). The predicted molar refractivity (Wildman–Crippen MR) is 95.9 cm³/mol. The van der Waals surface area contributed by atoms with Gasteiger partial charge in [0.2, 0.25) is 5.91 Å². The number of aromatic nitrogens is 1. The molecule has 0 aliphatic heterocycles. The number of benzene rings is 1. The largest absolute Gasteiger partial charge is 0.395 e. The molecule has 0 bridgehead atoms. The Morgan fingerprint density at radius 2 is 2.16 bits per heavy atom. The maximum Gasteiger partial charge on any atom is 0.226 e. The number of amides is 1. The summed E-state index contributed by atoms with van der Waals surface area (Å²) < 4.78 is 0. The molecule has 4 heteroatoms. The Labute approximate surface area is 148 Å². The first-order chi connectivity index (χ1) is 12.2. The molecule has 2 atom stereocenters. The van der Waals surface area contributed by atoms with Gasteiger partial charge in [0, 0.05) is 36.8 Å². The van der Waals surface area contributed by atoms with Gasteiger partial charge in [-0.15, -0.1) is 0 Å². The van der Waals surface area contributed by atoms with Crippen molar-refractivity contribution in [2.45, 2.75) is 37.6 Å². The van der Waals surface area contributed by atoms with Gasteiger partial charge in [-0.2, -0.15) is 0 Å². The van der Waals surface area contributed by atoms with Crippen molar-refractivity contribution in [1.82, 2.24) is 9.88 Å². The van der Waals surface area contributed by atoms with Crippen LogP contribution in [0.5, 0.6) is 0 Å². The van der Waals surface area contributed by atoms with Crippen LogP contribution in [0.1, 0.15) is 36.0 Å². The smallest absolute Gasteiger partial charge is 0.226 e. The van der Waals surface area contributed by atoms with E-state index in [-0.39, 0.29) is 23.8 Å². The highest BCUT2D eigenvalue weighted by atomic mass is 16.3. The van der Waals surface area contributed by atoms with Crippen molar-refractivity contribution in [3.8, 4) is 0 Å². The predicted octanol–water partition coefficient (Wildman–Crippen LogP) is 2.70. The topological polar surface area (TPSA) is 53.4 Å². The van der Waals surface area contributed by atoms with E-state index in [0.717, 1.165) is 31.2 Å². The number of rotatable bonds is 5. The Bertz CT molecular complexity index is 762. The number of carbonyl (C=O) groups excluding carboxylic acids is 1. The first-order valence-corrected chi connectivity index (χ1v) is 9.11. The molecule has 2 aliphatic rings. The van der Waals surface area contributed by atoms with Crippen LogP contribution in [0.15, 0.2) is 48.8 Å². The summed E-state index contributed by atoms with van der Waals surface area (Å²) in [6.45, 7) is 0.881. The van der Waals surface area contributed by atoms with Crippen LogP contribution in [0.4, 0.5) is 0 Å². The molecule has 1 amide bonds. The van der Waals surface area contributed by atoms with E-state index in [9.17, 15) is 9.90 Å². The zero-order valence-corrected chi connectivity index (χ0v) is 14.4. The number of nitrogens with zero attached hydrogens (tertiary/aromatic N) is 2. The van der Waals surface area contributed by atoms with Crippen LogP contribution in [-0.2, 0) is 23.2 Å². The van der Waals surface area contributed by atoms with E-state index in [4.69, 9.17) is 0 Å². The lowest BCUT2D eigenvalue weighted by Crippen LogP contribution is -2.36. The lowest BCUT2D eigenvalue weighted by atomic mass is 9.78. The third-order valence-electron chi connectivity index (χ3n) is 5.77. The van der Waals surface area contributed by atoms with Crippen molar-refractivity contribution in [2.24, 2.45) is 5.92 Å². The van der Waals surface area contributed by atoms with Gasteiger partial charge in [0.15, 0.2) is 0 Å². The lowest BCUT2D eigenvalue weighted by molar-refractivity contribution is -0.134. The van der Waals surface area contributed by atoms with Gasteiger partial charge >= 0.3 is 0 Å². The minimum atomic E-state index is -0.0116. The molecule has 1 N–H and O–H groups in total. The van der Waals surface area contributed by atoms with Gasteiger partial charge < -0.3 is 10.0 Å². The standard InChI is InChI=1S/C21H24N2O2/c24-12-11-23(15-16-5-4-10-22-14-16)20(25)19-13-21(19)9-3-7-17-6-1-2-8-18(17)21/h1-2,4-6,8,10,14,19,24H,3,7,9,11-13,15H2/t19-,21-/m0/s1. The second-order valence-corrected chi connectivity index (χ2v) is 7.27. The molecule has 0 unspecified atom stereocenters. The number of hydrogen-bond acceptors (Lipinski definition) is 3. The first-order valence-electron chi connectivity index (χ1n) is 9.11. The normalized spacial score (nSPS) is 24.0. The fourth-order valence-electron chi connectivity index (χ4n) is 4.48. The highest BCUT2D eigenvalue weighted by Gasteiger charge is 2.60. The van der Waals surface area contributed by atoms with Crippen molar-refractivity contribution in [1.29, 1.82) is 0 Å². The van der Waals surface area contributed by atoms with E-state index in [0.29, 0.717) is 13.1 Å². The molecule has 1 saturated carbocycles. The Hall–Kier alpha value is -2.20. The summed E-state index contributed by atoms with van der Waals surface area (Å²) in [5, 5.41) is 9.42. The molecule has 1 fully saturated rings. The number of carbonyl (C=O) groups is 1. The second-order valence-electron chi connectivity index (χ2n) is 7.27. The van der Waals surface area contributed by atoms with Gasteiger partial charge in [0.1, 0.15) is 0 Å². The summed E-state index contributed by atoms with van der Waals surface area (Å²) in [5.41, 5.74) is 3.83. The minimum absolute atomic E-state index is 0.0116. The van der Waals surface area contributed by atoms with Gasteiger partial charge in [-0.05, 0) is 48.4 Å². The highest BCUT2D eigenvalue weighted by Crippen LogP contribution is 2.60. The maximum atomic E-state index is 13.2. The molecule has 25 heavy (non-hydrogen) atoms. The van der Waals surface area contributed by atoms with Gasteiger partial charge in [0.05, 0.1) is 6.61 Å². The molecule has 1 aromatic heterocycles. The average molecular weight is 336 g/mol. The third-order valence-corrected chi connectivity index (χ3v) is 5.77. The van der Waals surface area contributed by atoms with Crippen LogP contribution >= 0.6 is 0 Å². The van der Waals surface area contributed by atoms with Crippen LogP contribution in [0.25, 0.3) is 0 Å². The Balaban J connectivity index is 1.55. The van der Waals surface area contributed by atoms with Crippen LogP contribution < -0.4 is 0 Å². The molecule has 1 spiro atoms. The molecule has 1 aromatic carbocycles.